The molecule has 6 N–H and O–H groups in total. The number of aromatic amines is 2. The number of fused-ring (bicyclic) bond motifs is 1. The van der Waals surface area contributed by atoms with Crippen LogP contribution in [0.15, 0.2) is 28.2 Å². The Labute approximate surface area is 111 Å². The molecule has 10 heteroatoms. The molecule has 0 aromatic carbocycles. The van der Waals surface area contributed by atoms with Gasteiger partial charge in [-0.05, 0) is 0 Å². The van der Waals surface area contributed by atoms with Crippen molar-refractivity contribution in [1.82, 2.24) is 29.5 Å². The summed E-state index contributed by atoms with van der Waals surface area (Å²) in [7, 11) is 1.42. The highest BCUT2D eigenvalue weighted by atomic mass is 16.2. The average Bonchev–Trinajstić information content (AvgIpc) is 2.85. The van der Waals surface area contributed by atoms with E-state index in [0.29, 0.717) is 17.0 Å². The number of nitrogens with one attached hydrogen (secondary N) is 2. The fourth-order valence-corrected chi connectivity index (χ4v) is 1.37. The fourth-order valence-electron chi connectivity index (χ4n) is 1.37. The highest BCUT2D eigenvalue weighted by Gasteiger charge is 2.03. The predicted octanol–water partition coefficient (Wildman–Crippen LogP) is -1.41. The zero-order chi connectivity index (χ0) is 14.7. The first-order chi connectivity index (χ1) is 9.49. The lowest BCUT2D eigenvalue weighted by molar-refractivity contribution is 0.775. The summed E-state index contributed by atoms with van der Waals surface area (Å²) in [5, 5.41) is 0. The van der Waals surface area contributed by atoms with E-state index in [0.717, 1.165) is 4.57 Å². The van der Waals surface area contributed by atoms with E-state index in [9.17, 15) is 9.59 Å². The molecule has 0 amide bonds. The summed E-state index contributed by atoms with van der Waals surface area (Å²) in [5.41, 5.74) is 11.3. The Kier molecular flexibility index (Phi) is 3.46. The zero-order valence-corrected chi connectivity index (χ0v) is 10.5. The van der Waals surface area contributed by atoms with Crippen LogP contribution >= 0.6 is 0 Å². The van der Waals surface area contributed by atoms with E-state index in [1.807, 2.05) is 0 Å². The minimum atomic E-state index is -0.387. The fraction of sp³-hybridized carbons (Fsp3) is 0.100. The summed E-state index contributed by atoms with van der Waals surface area (Å²) < 4.78 is 1.00. The van der Waals surface area contributed by atoms with Crippen molar-refractivity contribution in [3.63, 3.8) is 0 Å². The van der Waals surface area contributed by atoms with E-state index in [1.54, 1.807) is 0 Å². The zero-order valence-electron chi connectivity index (χ0n) is 10.5. The molecule has 0 saturated carbocycles. The first kappa shape index (κ1) is 13.3. The molecule has 3 rings (SSSR count). The molecule has 0 aliphatic heterocycles. The molecule has 0 saturated heterocycles. The van der Waals surface area contributed by atoms with Crippen LogP contribution in [0.4, 0.5) is 11.8 Å². The minimum Gasteiger partial charge on any atom is -0.382 e. The summed E-state index contributed by atoms with van der Waals surface area (Å²) >= 11 is 0. The van der Waals surface area contributed by atoms with Crippen molar-refractivity contribution in [2.75, 3.05) is 11.5 Å². The molecule has 0 atom stereocenters. The molecule has 0 radical (unpaired) electrons. The summed E-state index contributed by atoms with van der Waals surface area (Å²) in [6.45, 7) is 0. The number of H-pyrrole nitrogens is 2. The number of rotatable bonds is 0. The van der Waals surface area contributed by atoms with Crippen LogP contribution in [-0.2, 0) is 7.05 Å². The van der Waals surface area contributed by atoms with Crippen LogP contribution in [-0.4, -0.2) is 29.5 Å². The number of hydrogen-bond acceptors (Lipinski definition) is 7. The van der Waals surface area contributed by atoms with Crippen LogP contribution in [0.5, 0.6) is 0 Å². The summed E-state index contributed by atoms with van der Waals surface area (Å²) in [5.74, 6) is 0.465. The van der Waals surface area contributed by atoms with Gasteiger partial charge in [0, 0.05) is 19.3 Å². The topological polar surface area (TPSA) is 161 Å². The number of aromatic nitrogens is 6. The third kappa shape index (κ3) is 2.63. The molecule has 0 aliphatic carbocycles. The lowest BCUT2D eigenvalue weighted by Crippen LogP contribution is -2.30. The van der Waals surface area contributed by atoms with Gasteiger partial charge in [-0.3, -0.25) is 9.36 Å². The predicted molar refractivity (Wildman–Crippen MR) is 72.8 cm³/mol. The Balaban J connectivity index is 0.000000151. The quantitative estimate of drug-likeness (QED) is 0.392. The van der Waals surface area contributed by atoms with Crippen LogP contribution < -0.4 is 22.7 Å². The van der Waals surface area contributed by atoms with Gasteiger partial charge in [-0.2, -0.15) is 9.97 Å². The van der Waals surface area contributed by atoms with Gasteiger partial charge in [0.15, 0.2) is 11.5 Å². The number of anilines is 2. The van der Waals surface area contributed by atoms with Gasteiger partial charge in [-0.15, -0.1) is 0 Å². The van der Waals surface area contributed by atoms with E-state index in [2.05, 4.69) is 24.9 Å². The molecule has 0 bridgehead atoms. The molecule has 0 aliphatic rings. The first-order valence-electron chi connectivity index (χ1n) is 5.46. The van der Waals surface area contributed by atoms with Crippen LogP contribution in [0, 0.1) is 0 Å². The van der Waals surface area contributed by atoms with Crippen LogP contribution in [0.25, 0.3) is 11.2 Å². The van der Waals surface area contributed by atoms with Gasteiger partial charge in [0.1, 0.15) is 5.52 Å². The van der Waals surface area contributed by atoms with E-state index in [4.69, 9.17) is 11.5 Å². The molecule has 0 unspecified atom stereocenters. The Morgan fingerprint density at radius 2 is 1.95 bits per heavy atom. The Bertz CT molecular complexity index is 818. The molecule has 3 heterocycles. The second kappa shape index (κ2) is 5.22. The van der Waals surface area contributed by atoms with E-state index in [-0.39, 0.29) is 17.2 Å². The highest BCUT2D eigenvalue weighted by Crippen LogP contribution is 2.12. The van der Waals surface area contributed by atoms with Crippen molar-refractivity contribution >= 4 is 22.9 Å². The van der Waals surface area contributed by atoms with Crippen molar-refractivity contribution in [2.24, 2.45) is 7.05 Å². The molecular formula is C10H12N8O2. The van der Waals surface area contributed by atoms with E-state index < -0.39 is 0 Å². The Hall–Kier alpha value is -3.17. The molecular weight excluding hydrogens is 264 g/mol. The smallest absolute Gasteiger partial charge is 0.328 e. The number of nitrogens with zero attached hydrogens (tertiary/aromatic N) is 4. The number of hydrogen-bond donors (Lipinski definition) is 4. The minimum absolute atomic E-state index is 0.141. The first-order valence-corrected chi connectivity index (χ1v) is 5.46. The molecule has 0 fully saturated rings. The molecule has 104 valence electrons. The average molecular weight is 276 g/mol. The third-order valence-corrected chi connectivity index (χ3v) is 2.40. The van der Waals surface area contributed by atoms with Gasteiger partial charge >= 0.3 is 5.69 Å². The second-order valence-electron chi connectivity index (χ2n) is 3.75. The number of nitrogens with two attached hydrogens (primary N) is 2. The summed E-state index contributed by atoms with van der Waals surface area (Å²) in [4.78, 5) is 37.7. The lowest BCUT2D eigenvalue weighted by atomic mass is 10.5. The van der Waals surface area contributed by atoms with Gasteiger partial charge in [0.2, 0.25) is 5.95 Å². The van der Waals surface area contributed by atoms with Gasteiger partial charge in [-0.25, -0.2) is 9.78 Å². The molecule has 3 aromatic rings. The maximum absolute atomic E-state index is 10.6. The normalized spacial score (nSPS) is 10.1. The third-order valence-electron chi connectivity index (χ3n) is 2.40. The van der Waals surface area contributed by atoms with Crippen LogP contribution in [0.2, 0.25) is 0 Å². The van der Waals surface area contributed by atoms with Gasteiger partial charge in [-0.1, -0.05) is 0 Å². The Morgan fingerprint density at radius 1 is 1.20 bits per heavy atom. The van der Waals surface area contributed by atoms with Crippen LogP contribution in [0.1, 0.15) is 0 Å². The monoisotopic (exact) mass is 276 g/mol. The molecule has 0 spiro atoms. The standard InChI is InChI=1S/C5H6N6.C5H6N2O2/c6-3-2-4(9-1-8-2)11-5(7)10-3;1-7-4(8)2-3-6-5(7)9/h1H,(H5,6,7,8,9,10,11);2-3H,1H3,(H,6,9). The molecule has 20 heavy (non-hydrogen) atoms. The Morgan fingerprint density at radius 3 is 2.60 bits per heavy atom. The van der Waals surface area contributed by atoms with Gasteiger partial charge < -0.3 is 21.4 Å². The van der Waals surface area contributed by atoms with Crippen molar-refractivity contribution in [2.45, 2.75) is 0 Å². The van der Waals surface area contributed by atoms with Gasteiger partial charge in [0.05, 0.1) is 6.33 Å². The molecule has 10 nitrogen and oxygen atoms in total. The number of imidazole rings is 1. The maximum Gasteiger partial charge on any atom is 0.328 e. The van der Waals surface area contributed by atoms with Crippen LogP contribution in [0.3, 0.4) is 0 Å². The molecule has 3 aromatic heterocycles. The van der Waals surface area contributed by atoms with E-state index >= 15 is 0 Å². The van der Waals surface area contributed by atoms with Crippen molar-refractivity contribution < 1.29 is 0 Å². The maximum atomic E-state index is 10.6. The largest absolute Gasteiger partial charge is 0.382 e. The van der Waals surface area contributed by atoms with E-state index in [1.165, 1.54) is 25.6 Å². The summed E-state index contributed by atoms with van der Waals surface area (Å²) in [6, 6.07) is 1.29. The lowest BCUT2D eigenvalue weighted by Gasteiger charge is -1.94. The number of nitrogen functional groups attached to an aromatic ring is 2. The highest BCUT2D eigenvalue weighted by molar-refractivity contribution is 5.81. The van der Waals surface area contributed by atoms with Crippen molar-refractivity contribution in [3.05, 3.63) is 39.4 Å². The van der Waals surface area contributed by atoms with Gasteiger partial charge in [0.25, 0.3) is 5.56 Å². The second-order valence-corrected chi connectivity index (χ2v) is 3.75. The summed E-state index contributed by atoms with van der Waals surface area (Å²) in [6.07, 6.45) is 2.82. The SMILES string of the molecule is Cn1c(=O)cc[nH]c1=O.Nc1nc(N)c2[nH]cnc2n1. The van der Waals surface area contributed by atoms with Crippen molar-refractivity contribution in [3.8, 4) is 0 Å². The van der Waals surface area contributed by atoms with Crippen molar-refractivity contribution in [1.29, 1.82) is 0 Å².